The summed E-state index contributed by atoms with van der Waals surface area (Å²) >= 11 is 3.30. The predicted molar refractivity (Wildman–Crippen MR) is 96.5 cm³/mol. The molecule has 1 aliphatic heterocycles. The Morgan fingerprint density at radius 3 is 2.69 bits per heavy atom. The van der Waals surface area contributed by atoms with E-state index in [0.29, 0.717) is 16.8 Å². The molecule has 140 valence electrons. The molecule has 0 aliphatic carbocycles. The summed E-state index contributed by atoms with van der Waals surface area (Å²) in [5.41, 5.74) is 7.24. The van der Waals surface area contributed by atoms with Crippen LogP contribution in [-0.4, -0.2) is 40.1 Å². The van der Waals surface area contributed by atoms with Crippen molar-refractivity contribution in [3.8, 4) is 0 Å². The summed E-state index contributed by atoms with van der Waals surface area (Å²) in [4.78, 5) is 5.90. The average Bonchev–Trinajstić information content (AvgIpc) is 2.60. The van der Waals surface area contributed by atoms with Gasteiger partial charge in [0.25, 0.3) is 5.92 Å². The lowest BCUT2D eigenvalue weighted by Crippen LogP contribution is -2.49. The molecule has 8 heteroatoms. The summed E-state index contributed by atoms with van der Waals surface area (Å²) in [6, 6.07) is 5.55. The number of nitrogens with zero attached hydrogens (tertiary/aromatic N) is 2. The minimum absolute atomic E-state index is 0.0348. The number of halogens is 4. The van der Waals surface area contributed by atoms with Crippen LogP contribution in [0.3, 0.4) is 0 Å². The van der Waals surface area contributed by atoms with Crippen molar-refractivity contribution in [1.29, 1.82) is 0 Å². The highest BCUT2D eigenvalue weighted by Crippen LogP contribution is 2.40. The van der Waals surface area contributed by atoms with Gasteiger partial charge in [-0.2, -0.15) is 0 Å². The normalized spacial score (nSPS) is 20.8. The zero-order valence-corrected chi connectivity index (χ0v) is 15.7. The molecule has 1 aliphatic rings. The summed E-state index contributed by atoms with van der Waals surface area (Å²) in [6.45, 7) is -0.150. The maximum atomic E-state index is 14.6. The molecule has 0 unspecified atom stereocenters. The third kappa shape index (κ3) is 3.58. The van der Waals surface area contributed by atoms with Crippen LogP contribution in [0, 0.1) is 5.82 Å². The zero-order valence-electron chi connectivity index (χ0n) is 14.1. The molecule has 2 atom stereocenters. The van der Waals surface area contributed by atoms with Crippen LogP contribution in [0.1, 0.15) is 29.8 Å². The van der Waals surface area contributed by atoms with Gasteiger partial charge in [0.15, 0.2) is 0 Å². The molecule has 2 aromatic rings. The van der Waals surface area contributed by atoms with Crippen LogP contribution in [0.5, 0.6) is 0 Å². The smallest absolute Gasteiger partial charge is 0.283 e. The molecule has 4 nitrogen and oxygen atoms in total. The first kappa shape index (κ1) is 19.1. The minimum atomic E-state index is -3.27. The Bertz CT molecular complexity index is 801. The number of pyridine rings is 1. The standard InChI is InChI=1S/C18H19BrF3N3O/c1-10-6-13-12(3-4-14(23)16(13)20)17(15-5-2-11(19)7-24-15)25(10)8-18(21,22)9-26/h2-5,7,10,17,26H,6,8-9,23H2,1H3/t10-,17+/m1/s1. The van der Waals surface area contributed by atoms with E-state index in [1.807, 2.05) is 0 Å². The number of aliphatic hydroxyl groups excluding tert-OH is 1. The maximum absolute atomic E-state index is 14.6. The molecule has 0 saturated carbocycles. The minimum Gasteiger partial charge on any atom is -0.396 e. The van der Waals surface area contributed by atoms with Gasteiger partial charge >= 0.3 is 0 Å². The van der Waals surface area contributed by atoms with Gasteiger partial charge in [-0.05, 0) is 58.6 Å². The number of aliphatic hydroxyl groups is 1. The van der Waals surface area contributed by atoms with Gasteiger partial charge in [0.05, 0.1) is 24.0 Å². The lowest BCUT2D eigenvalue weighted by Gasteiger charge is -2.43. The van der Waals surface area contributed by atoms with E-state index in [4.69, 9.17) is 10.8 Å². The monoisotopic (exact) mass is 429 g/mol. The molecule has 0 amide bonds. The molecular formula is C18H19BrF3N3O. The number of rotatable bonds is 4. The summed E-state index contributed by atoms with van der Waals surface area (Å²) < 4.78 is 43.3. The number of hydrogen-bond acceptors (Lipinski definition) is 4. The van der Waals surface area contributed by atoms with E-state index >= 15 is 0 Å². The van der Waals surface area contributed by atoms with Gasteiger partial charge in [-0.15, -0.1) is 0 Å². The lowest BCUT2D eigenvalue weighted by molar-refractivity contribution is -0.0866. The van der Waals surface area contributed by atoms with Crippen molar-refractivity contribution in [2.45, 2.75) is 31.4 Å². The van der Waals surface area contributed by atoms with Crippen LogP contribution < -0.4 is 5.73 Å². The van der Waals surface area contributed by atoms with Crippen molar-refractivity contribution in [3.63, 3.8) is 0 Å². The highest BCUT2D eigenvalue weighted by atomic mass is 79.9. The largest absolute Gasteiger partial charge is 0.396 e. The molecule has 1 aromatic heterocycles. The van der Waals surface area contributed by atoms with Crippen LogP contribution in [0.2, 0.25) is 0 Å². The number of hydrogen-bond donors (Lipinski definition) is 2. The molecule has 3 N–H and O–H groups in total. The summed E-state index contributed by atoms with van der Waals surface area (Å²) in [6.07, 6.45) is 1.82. The van der Waals surface area contributed by atoms with Crippen LogP contribution in [0.25, 0.3) is 0 Å². The van der Waals surface area contributed by atoms with Crippen LogP contribution in [0.15, 0.2) is 34.9 Å². The fourth-order valence-electron chi connectivity index (χ4n) is 3.41. The number of aromatic nitrogens is 1. The molecule has 1 aromatic carbocycles. The van der Waals surface area contributed by atoms with E-state index in [-0.39, 0.29) is 18.2 Å². The number of nitrogens with two attached hydrogens (primary N) is 1. The third-order valence-corrected chi connectivity index (χ3v) is 5.15. The summed E-state index contributed by atoms with van der Waals surface area (Å²) in [5.74, 6) is -3.78. The highest BCUT2D eigenvalue weighted by molar-refractivity contribution is 9.10. The molecule has 0 spiro atoms. The van der Waals surface area contributed by atoms with Gasteiger partial charge in [-0.3, -0.25) is 9.88 Å². The molecule has 0 saturated heterocycles. The molecule has 26 heavy (non-hydrogen) atoms. The van der Waals surface area contributed by atoms with Crippen molar-refractivity contribution in [2.75, 3.05) is 18.9 Å². The van der Waals surface area contributed by atoms with Crippen LogP contribution in [-0.2, 0) is 6.42 Å². The molecule has 0 radical (unpaired) electrons. The Morgan fingerprint density at radius 1 is 1.35 bits per heavy atom. The first-order valence-electron chi connectivity index (χ1n) is 8.16. The second-order valence-corrected chi connectivity index (χ2v) is 7.50. The van der Waals surface area contributed by atoms with Gasteiger partial charge in [0.1, 0.15) is 12.4 Å². The Labute approximate surface area is 158 Å². The van der Waals surface area contributed by atoms with Gasteiger partial charge in [0.2, 0.25) is 0 Å². The quantitative estimate of drug-likeness (QED) is 0.729. The van der Waals surface area contributed by atoms with E-state index in [1.54, 1.807) is 36.2 Å². The van der Waals surface area contributed by atoms with Crippen molar-refractivity contribution in [1.82, 2.24) is 9.88 Å². The van der Waals surface area contributed by atoms with Crippen molar-refractivity contribution in [3.05, 3.63) is 57.6 Å². The van der Waals surface area contributed by atoms with Gasteiger partial charge in [-0.1, -0.05) is 6.07 Å². The summed E-state index contributed by atoms with van der Waals surface area (Å²) in [5, 5.41) is 9.00. The van der Waals surface area contributed by atoms with E-state index in [9.17, 15) is 13.2 Å². The van der Waals surface area contributed by atoms with Crippen molar-refractivity contribution < 1.29 is 18.3 Å². The second-order valence-electron chi connectivity index (χ2n) is 6.58. The number of alkyl halides is 2. The first-order valence-corrected chi connectivity index (χ1v) is 8.95. The first-order chi connectivity index (χ1) is 12.2. The van der Waals surface area contributed by atoms with Gasteiger partial charge in [-0.25, -0.2) is 13.2 Å². The topological polar surface area (TPSA) is 62.4 Å². The Hall–Kier alpha value is -1.64. The fourth-order valence-corrected chi connectivity index (χ4v) is 3.64. The average molecular weight is 430 g/mol. The Kier molecular flexibility index (Phi) is 5.28. The molecule has 0 bridgehead atoms. The number of benzene rings is 1. The third-order valence-electron chi connectivity index (χ3n) is 4.68. The highest BCUT2D eigenvalue weighted by Gasteiger charge is 2.41. The lowest BCUT2D eigenvalue weighted by atomic mass is 9.85. The van der Waals surface area contributed by atoms with Crippen LogP contribution in [0.4, 0.5) is 18.9 Å². The molecule has 3 rings (SSSR count). The fraction of sp³-hybridized carbons (Fsp3) is 0.389. The van der Waals surface area contributed by atoms with E-state index in [2.05, 4.69) is 20.9 Å². The Balaban J connectivity index is 2.14. The number of nitrogen functional groups attached to an aromatic ring is 1. The van der Waals surface area contributed by atoms with Crippen LogP contribution >= 0.6 is 15.9 Å². The van der Waals surface area contributed by atoms with E-state index in [0.717, 1.165) is 4.47 Å². The zero-order chi connectivity index (χ0) is 19.1. The number of fused-ring (bicyclic) bond motifs is 1. The number of anilines is 1. The van der Waals surface area contributed by atoms with Gasteiger partial charge in [0, 0.05) is 16.7 Å². The van der Waals surface area contributed by atoms with E-state index < -0.39 is 30.9 Å². The molecule has 2 heterocycles. The predicted octanol–water partition coefficient (Wildman–Crippen LogP) is 3.53. The molecule has 0 fully saturated rings. The van der Waals surface area contributed by atoms with E-state index in [1.165, 1.54) is 6.07 Å². The van der Waals surface area contributed by atoms with Crippen molar-refractivity contribution in [2.24, 2.45) is 0 Å². The molecular weight excluding hydrogens is 411 g/mol. The SMILES string of the molecule is C[C@@H]1Cc2c(ccc(N)c2F)[C@@H](c2ccc(Br)cn2)N1CC(F)(F)CO. The Morgan fingerprint density at radius 2 is 2.08 bits per heavy atom. The summed E-state index contributed by atoms with van der Waals surface area (Å²) in [7, 11) is 0. The van der Waals surface area contributed by atoms with Gasteiger partial charge < -0.3 is 10.8 Å². The maximum Gasteiger partial charge on any atom is 0.283 e. The van der Waals surface area contributed by atoms with Crippen molar-refractivity contribution >= 4 is 21.6 Å². The second kappa shape index (κ2) is 7.17.